The summed E-state index contributed by atoms with van der Waals surface area (Å²) in [5.41, 5.74) is 1.73. The number of piperidine rings is 1. The Morgan fingerprint density at radius 1 is 0.948 bits per heavy atom. The van der Waals surface area contributed by atoms with E-state index in [1.54, 1.807) is 28.3 Å². The number of amides is 3. The van der Waals surface area contributed by atoms with Crippen molar-refractivity contribution in [2.24, 2.45) is 13.0 Å². The Hall–Kier alpha value is -5.71. The molecule has 4 aliphatic rings. The first-order valence-corrected chi connectivity index (χ1v) is 19.8. The van der Waals surface area contributed by atoms with Gasteiger partial charge in [-0.1, -0.05) is 12.1 Å². The SMILES string of the molecule is COc1cc2nn(C3CCC(CN4C5CCC4CN(c4cccc6c4n(C)c(=O)n6C4CCC(=O)NC4=O)C5)CC3)cc2cc1NC(=O)c1cccc(C(F)(F)F)n1. The fourth-order valence-corrected chi connectivity index (χ4v) is 9.71. The Balaban J connectivity index is 0.845. The third-order valence-electron chi connectivity index (χ3n) is 12.6. The number of hydrogen-bond donors (Lipinski definition) is 2. The van der Waals surface area contributed by atoms with Crippen molar-refractivity contribution < 1.29 is 32.3 Å². The number of aryl methyl sites for hydroxylation is 1. The molecule has 1 aliphatic carbocycles. The van der Waals surface area contributed by atoms with E-state index in [2.05, 4.69) is 31.5 Å². The molecule has 3 amide bonds. The number of alkyl halides is 3. The Morgan fingerprint density at radius 2 is 1.67 bits per heavy atom. The molecule has 1 saturated carbocycles. The predicted octanol–water partition coefficient (Wildman–Crippen LogP) is 5.43. The monoisotopic (exact) mass is 799 g/mol. The number of anilines is 2. The maximum absolute atomic E-state index is 13.6. The van der Waals surface area contributed by atoms with Crippen LogP contribution in [0.2, 0.25) is 0 Å². The lowest BCUT2D eigenvalue weighted by molar-refractivity contribution is -0.141. The summed E-state index contributed by atoms with van der Waals surface area (Å²) in [6, 6.07) is 12.8. The summed E-state index contributed by atoms with van der Waals surface area (Å²) < 4.78 is 50.3. The number of imidazole rings is 1. The lowest BCUT2D eigenvalue weighted by atomic mass is 9.85. The van der Waals surface area contributed by atoms with Gasteiger partial charge < -0.3 is 15.0 Å². The van der Waals surface area contributed by atoms with Gasteiger partial charge in [0.25, 0.3) is 5.91 Å². The zero-order valence-corrected chi connectivity index (χ0v) is 32.2. The molecule has 2 N–H and O–H groups in total. The third kappa shape index (κ3) is 6.78. The van der Waals surface area contributed by atoms with E-state index in [1.165, 1.54) is 13.2 Å². The van der Waals surface area contributed by atoms with Gasteiger partial charge in [-0.05, 0) is 81.2 Å². The summed E-state index contributed by atoms with van der Waals surface area (Å²) in [5.74, 6) is -0.647. The molecule has 17 heteroatoms. The van der Waals surface area contributed by atoms with Crippen LogP contribution in [-0.4, -0.2) is 85.3 Å². The maximum atomic E-state index is 13.6. The number of aromatic nitrogens is 5. The molecule has 2 aromatic carbocycles. The van der Waals surface area contributed by atoms with E-state index < -0.39 is 29.7 Å². The molecule has 0 spiro atoms. The second kappa shape index (κ2) is 14.6. The highest BCUT2D eigenvalue weighted by molar-refractivity contribution is 6.05. The summed E-state index contributed by atoms with van der Waals surface area (Å²) in [4.78, 5) is 59.7. The molecule has 6 heterocycles. The number of ether oxygens (including phenoxy) is 1. The van der Waals surface area contributed by atoms with Gasteiger partial charge in [0.15, 0.2) is 0 Å². The Kier molecular flexibility index (Phi) is 9.52. The van der Waals surface area contributed by atoms with Crippen LogP contribution in [0.3, 0.4) is 0 Å². The number of para-hydroxylation sites is 1. The molecule has 0 radical (unpaired) electrons. The van der Waals surface area contributed by atoms with Crippen molar-refractivity contribution >= 4 is 51.0 Å². The van der Waals surface area contributed by atoms with Crippen LogP contribution in [0.15, 0.2) is 59.5 Å². The van der Waals surface area contributed by atoms with E-state index in [0.717, 1.165) is 86.9 Å². The van der Waals surface area contributed by atoms with Crippen LogP contribution < -0.4 is 26.0 Å². The molecule has 3 unspecified atom stereocenters. The highest BCUT2D eigenvalue weighted by Gasteiger charge is 2.42. The normalized spacial score (nSPS) is 24.1. The van der Waals surface area contributed by atoms with E-state index in [4.69, 9.17) is 9.84 Å². The summed E-state index contributed by atoms with van der Waals surface area (Å²) in [7, 11) is 3.21. The molecule has 3 aromatic heterocycles. The van der Waals surface area contributed by atoms with Crippen LogP contribution in [0.4, 0.5) is 24.5 Å². The second-order valence-electron chi connectivity index (χ2n) is 16.1. The minimum Gasteiger partial charge on any atom is -0.494 e. The van der Waals surface area contributed by atoms with E-state index >= 15 is 0 Å². The minimum absolute atomic E-state index is 0.197. The fraction of sp³-hybridized carbons (Fsp3) is 0.463. The summed E-state index contributed by atoms with van der Waals surface area (Å²) in [6.07, 6.45) is 4.06. The average molecular weight is 800 g/mol. The fourth-order valence-electron chi connectivity index (χ4n) is 9.71. The van der Waals surface area contributed by atoms with Crippen LogP contribution in [0.1, 0.15) is 79.6 Å². The van der Waals surface area contributed by atoms with Gasteiger partial charge in [0.05, 0.1) is 41.1 Å². The number of nitrogens with zero attached hydrogens (tertiary/aromatic N) is 7. The van der Waals surface area contributed by atoms with Crippen molar-refractivity contribution in [3.05, 3.63) is 76.6 Å². The molecule has 304 valence electrons. The standard InChI is InChI=1S/C41H44F3N9O5/c1-49-37-31(6-4-7-32(37)53(40(49)57)33-15-16-36(54)47-39(33)56)50-21-26-13-14-27(22-50)51(26)19-23-9-11-25(12-10-23)52-20-24-17-30(34(58-2)18-29(24)48-52)46-38(55)28-5-3-8-35(45-28)41(42,43)44/h3-8,17-18,20,23,25-27,33H,9-16,19,21-22H2,1-2H3,(H,46,55)(H,47,54,56). The number of rotatable bonds is 8. The van der Waals surface area contributed by atoms with Gasteiger partial charge in [-0.25, -0.2) is 9.78 Å². The van der Waals surface area contributed by atoms with E-state index in [0.29, 0.717) is 46.9 Å². The van der Waals surface area contributed by atoms with Crippen molar-refractivity contribution in [3.8, 4) is 5.75 Å². The zero-order valence-electron chi connectivity index (χ0n) is 32.2. The first kappa shape index (κ1) is 37.8. The molecule has 58 heavy (non-hydrogen) atoms. The van der Waals surface area contributed by atoms with Crippen molar-refractivity contribution in [2.45, 2.75) is 81.7 Å². The molecule has 4 fully saturated rings. The van der Waals surface area contributed by atoms with E-state index in [1.807, 2.05) is 23.0 Å². The number of pyridine rings is 1. The van der Waals surface area contributed by atoms with Crippen molar-refractivity contribution in [3.63, 3.8) is 0 Å². The quantitative estimate of drug-likeness (QED) is 0.196. The average Bonchev–Trinajstić information content (AvgIpc) is 3.81. The van der Waals surface area contributed by atoms with Gasteiger partial charge in [-0.2, -0.15) is 18.3 Å². The van der Waals surface area contributed by atoms with Crippen molar-refractivity contribution in [1.82, 2.24) is 34.1 Å². The van der Waals surface area contributed by atoms with Crippen LogP contribution in [0, 0.1) is 5.92 Å². The smallest absolute Gasteiger partial charge is 0.433 e. The molecule has 2 bridgehead atoms. The molecule has 3 atom stereocenters. The third-order valence-corrected chi connectivity index (χ3v) is 12.6. The summed E-state index contributed by atoms with van der Waals surface area (Å²) in [5, 5.41) is 10.7. The number of benzene rings is 2. The van der Waals surface area contributed by atoms with Crippen molar-refractivity contribution in [2.75, 3.05) is 37.0 Å². The number of methoxy groups -OCH3 is 1. The van der Waals surface area contributed by atoms with E-state index in [-0.39, 0.29) is 29.8 Å². The number of carbonyl (C=O) groups excluding carboxylic acids is 3. The molecule has 14 nitrogen and oxygen atoms in total. The predicted molar refractivity (Wildman–Crippen MR) is 209 cm³/mol. The number of fused-ring (bicyclic) bond motifs is 4. The summed E-state index contributed by atoms with van der Waals surface area (Å²) >= 11 is 0. The summed E-state index contributed by atoms with van der Waals surface area (Å²) in [6.45, 7) is 2.74. The van der Waals surface area contributed by atoms with Gasteiger partial charge in [-0.15, -0.1) is 0 Å². The maximum Gasteiger partial charge on any atom is 0.433 e. The zero-order chi connectivity index (χ0) is 40.5. The molecule has 9 rings (SSSR count). The lowest BCUT2D eigenvalue weighted by Gasteiger charge is -2.44. The Bertz CT molecular complexity index is 2490. The van der Waals surface area contributed by atoms with E-state index in [9.17, 15) is 32.3 Å². The van der Waals surface area contributed by atoms with Gasteiger partial charge >= 0.3 is 11.9 Å². The Morgan fingerprint density at radius 3 is 2.38 bits per heavy atom. The topological polar surface area (TPSA) is 149 Å². The van der Waals surface area contributed by atoms with Crippen LogP contribution in [0.5, 0.6) is 5.75 Å². The first-order chi connectivity index (χ1) is 27.9. The number of carbonyl (C=O) groups is 3. The van der Waals surface area contributed by atoms with Gasteiger partial charge in [0, 0.05) is 62.8 Å². The number of nitrogens with one attached hydrogen (secondary N) is 2. The number of halogens is 3. The van der Waals surface area contributed by atoms with Gasteiger partial charge in [0.2, 0.25) is 11.8 Å². The number of imide groups is 1. The highest BCUT2D eigenvalue weighted by Crippen LogP contribution is 2.40. The lowest BCUT2D eigenvalue weighted by Crippen LogP contribution is -2.55. The van der Waals surface area contributed by atoms with Gasteiger partial charge in [-0.3, -0.25) is 38.4 Å². The van der Waals surface area contributed by atoms with Crippen molar-refractivity contribution in [1.29, 1.82) is 0 Å². The minimum atomic E-state index is -4.67. The molecule has 3 aliphatic heterocycles. The first-order valence-electron chi connectivity index (χ1n) is 19.8. The second-order valence-corrected chi connectivity index (χ2v) is 16.1. The molecule has 3 saturated heterocycles. The largest absolute Gasteiger partial charge is 0.494 e. The van der Waals surface area contributed by atoms with Crippen LogP contribution in [0.25, 0.3) is 21.9 Å². The highest BCUT2D eigenvalue weighted by atomic mass is 19.4. The molecular formula is C41H44F3N9O5. The van der Waals surface area contributed by atoms with Gasteiger partial charge in [0.1, 0.15) is 23.2 Å². The van der Waals surface area contributed by atoms with Crippen LogP contribution >= 0.6 is 0 Å². The Labute approximate surface area is 330 Å². The molecular weight excluding hydrogens is 756 g/mol. The van der Waals surface area contributed by atoms with Crippen LogP contribution in [-0.2, 0) is 22.8 Å². The number of hydrogen-bond acceptors (Lipinski definition) is 9. The number of piperazine rings is 1. The molecule has 5 aromatic rings.